The van der Waals surface area contributed by atoms with Crippen LogP contribution in [0.15, 0.2) is 42.9 Å². The van der Waals surface area contributed by atoms with Crippen molar-refractivity contribution in [3.63, 3.8) is 0 Å². The van der Waals surface area contributed by atoms with E-state index in [1.165, 1.54) is 24.0 Å². The van der Waals surface area contributed by atoms with Gasteiger partial charge in [0.25, 0.3) is 0 Å². The molecule has 0 bridgehead atoms. The summed E-state index contributed by atoms with van der Waals surface area (Å²) < 4.78 is 1.83. The molecule has 1 N–H and O–H groups in total. The minimum Gasteiger partial charge on any atom is -0.300 e. The van der Waals surface area contributed by atoms with E-state index in [-0.39, 0.29) is 5.54 Å². The molecule has 1 aliphatic rings. The molecule has 1 saturated carbocycles. The lowest BCUT2D eigenvalue weighted by Gasteiger charge is -2.24. The third-order valence-corrected chi connectivity index (χ3v) is 6.50. The number of aryl methyl sites for hydroxylation is 1. The number of pyridine rings is 1. The van der Waals surface area contributed by atoms with Gasteiger partial charge in [-0.1, -0.05) is 38.1 Å². The van der Waals surface area contributed by atoms with Gasteiger partial charge < -0.3 is 0 Å². The number of rotatable bonds is 5. The van der Waals surface area contributed by atoms with E-state index in [4.69, 9.17) is 5.10 Å². The normalized spacial score (nSPS) is 15.4. The summed E-state index contributed by atoms with van der Waals surface area (Å²) in [6.07, 6.45) is 6.08. The van der Waals surface area contributed by atoms with Crippen LogP contribution in [0.4, 0.5) is 0 Å². The molecule has 4 aromatic rings. The van der Waals surface area contributed by atoms with Crippen molar-refractivity contribution in [3.05, 3.63) is 59.5 Å². The van der Waals surface area contributed by atoms with Gasteiger partial charge in [0.1, 0.15) is 6.33 Å². The zero-order valence-electron chi connectivity index (χ0n) is 18.3. The third kappa shape index (κ3) is 2.86. The first-order valence-corrected chi connectivity index (χ1v) is 10.6. The molecule has 154 valence electrons. The maximum atomic E-state index is 4.74. The van der Waals surface area contributed by atoms with Crippen molar-refractivity contribution in [3.8, 4) is 22.5 Å². The van der Waals surface area contributed by atoms with Gasteiger partial charge in [-0.3, -0.25) is 10.00 Å². The lowest BCUT2D eigenvalue weighted by Crippen LogP contribution is -2.27. The molecule has 0 unspecified atom stereocenters. The minimum atomic E-state index is 0.223. The summed E-state index contributed by atoms with van der Waals surface area (Å²) >= 11 is 0. The minimum absolute atomic E-state index is 0.223. The van der Waals surface area contributed by atoms with Crippen LogP contribution in [-0.4, -0.2) is 43.8 Å². The van der Waals surface area contributed by atoms with Crippen LogP contribution in [0.5, 0.6) is 0 Å². The smallest absolute Gasteiger partial charge is 0.158 e. The molecule has 0 radical (unpaired) electrons. The van der Waals surface area contributed by atoms with E-state index >= 15 is 0 Å². The number of aromatic amines is 1. The second kappa shape index (κ2) is 6.77. The molecule has 0 atom stereocenters. The fourth-order valence-electron chi connectivity index (χ4n) is 4.63. The maximum absolute atomic E-state index is 4.74. The van der Waals surface area contributed by atoms with Crippen molar-refractivity contribution in [2.24, 2.45) is 0 Å². The van der Waals surface area contributed by atoms with Crippen LogP contribution >= 0.6 is 0 Å². The SMILES string of the molecule is Cc1cc(-c2[nH]nc(-c3ccc(C4(N(C)C)CC4)cc3)c2C(C)C)cn2ncnc12. The molecule has 1 fully saturated rings. The largest absolute Gasteiger partial charge is 0.300 e. The summed E-state index contributed by atoms with van der Waals surface area (Å²) in [5, 5.41) is 12.4. The van der Waals surface area contributed by atoms with Gasteiger partial charge in [-0.05, 0) is 57.0 Å². The summed E-state index contributed by atoms with van der Waals surface area (Å²) in [7, 11) is 4.34. The highest BCUT2D eigenvalue weighted by Gasteiger charge is 2.46. The summed E-state index contributed by atoms with van der Waals surface area (Å²) in [4.78, 5) is 6.68. The maximum Gasteiger partial charge on any atom is 0.158 e. The molecule has 0 saturated heterocycles. The second-order valence-corrected chi connectivity index (χ2v) is 8.96. The van der Waals surface area contributed by atoms with Gasteiger partial charge in [-0.25, -0.2) is 9.50 Å². The number of aromatic nitrogens is 5. The molecular formula is C24H28N6. The first-order chi connectivity index (χ1) is 14.4. The first kappa shape index (κ1) is 19.0. The van der Waals surface area contributed by atoms with Crippen LogP contribution in [-0.2, 0) is 5.54 Å². The van der Waals surface area contributed by atoms with Gasteiger partial charge in [-0.15, -0.1) is 0 Å². The van der Waals surface area contributed by atoms with Crippen molar-refractivity contribution in [1.82, 2.24) is 29.7 Å². The molecule has 5 rings (SSSR count). The average Bonchev–Trinajstić information content (AvgIpc) is 3.19. The molecule has 3 aromatic heterocycles. The molecule has 0 spiro atoms. The lowest BCUT2D eigenvalue weighted by molar-refractivity contribution is 0.276. The molecule has 6 nitrogen and oxygen atoms in total. The highest BCUT2D eigenvalue weighted by molar-refractivity contribution is 5.76. The lowest BCUT2D eigenvalue weighted by atomic mass is 9.93. The Morgan fingerprint density at radius 3 is 2.47 bits per heavy atom. The van der Waals surface area contributed by atoms with E-state index in [2.05, 4.69) is 85.3 Å². The Balaban J connectivity index is 1.58. The molecular weight excluding hydrogens is 372 g/mol. The predicted octanol–water partition coefficient (Wildman–Crippen LogP) is 4.77. The Bertz CT molecular complexity index is 1210. The number of fused-ring (bicyclic) bond motifs is 1. The number of H-pyrrole nitrogens is 1. The Morgan fingerprint density at radius 1 is 1.10 bits per heavy atom. The van der Waals surface area contributed by atoms with Gasteiger partial charge in [-0.2, -0.15) is 10.2 Å². The fraction of sp³-hybridized carbons (Fsp3) is 0.375. The molecule has 1 aliphatic carbocycles. The molecule has 6 heteroatoms. The van der Waals surface area contributed by atoms with Crippen LogP contribution in [0.2, 0.25) is 0 Å². The molecule has 0 amide bonds. The zero-order valence-corrected chi connectivity index (χ0v) is 18.3. The zero-order chi connectivity index (χ0) is 21.0. The van der Waals surface area contributed by atoms with E-state index in [0.717, 1.165) is 33.7 Å². The van der Waals surface area contributed by atoms with E-state index in [9.17, 15) is 0 Å². The fourth-order valence-corrected chi connectivity index (χ4v) is 4.63. The van der Waals surface area contributed by atoms with Crippen molar-refractivity contribution in [2.75, 3.05) is 14.1 Å². The van der Waals surface area contributed by atoms with Gasteiger partial charge >= 0.3 is 0 Å². The van der Waals surface area contributed by atoms with Crippen LogP contribution in [0.25, 0.3) is 28.2 Å². The van der Waals surface area contributed by atoms with Crippen LogP contribution in [0.3, 0.4) is 0 Å². The quantitative estimate of drug-likeness (QED) is 0.524. The Labute approximate surface area is 177 Å². The van der Waals surface area contributed by atoms with E-state index < -0.39 is 0 Å². The van der Waals surface area contributed by atoms with Crippen molar-refractivity contribution in [2.45, 2.75) is 45.1 Å². The number of hydrogen-bond acceptors (Lipinski definition) is 4. The topological polar surface area (TPSA) is 62.1 Å². The van der Waals surface area contributed by atoms with Gasteiger partial charge in [0.15, 0.2) is 5.65 Å². The number of benzene rings is 1. The van der Waals surface area contributed by atoms with Gasteiger partial charge in [0.2, 0.25) is 0 Å². The van der Waals surface area contributed by atoms with E-state index in [0.29, 0.717) is 5.92 Å². The Hall–Kier alpha value is -2.99. The number of nitrogens with zero attached hydrogens (tertiary/aromatic N) is 5. The van der Waals surface area contributed by atoms with Gasteiger partial charge in [0, 0.05) is 28.4 Å². The summed E-state index contributed by atoms with van der Waals surface area (Å²) in [5.41, 5.74) is 9.14. The van der Waals surface area contributed by atoms with E-state index in [1.807, 2.05) is 10.7 Å². The highest BCUT2D eigenvalue weighted by atomic mass is 15.3. The van der Waals surface area contributed by atoms with Crippen LogP contribution in [0.1, 0.15) is 49.3 Å². The standard InChI is InChI=1S/C24H28N6/c1-15(2)20-21(17-6-8-19(9-7-17)24(10-11-24)29(4)5)27-28-22(20)18-12-16(3)23-25-14-26-30(23)13-18/h6-9,12-15H,10-11H2,1-5H3,(H,27,28). The molecule has 1 aromatic carbocycles. The summed E-state index contributed by atoms with van der Waals surface area (Å²) in [5.74, 6) is 0.330. The van der Waals surface area contributed by atoms with Crippen molar-refractivity contribution < 1.29 is 0 Å². The molecule has 30 heavy (non-hydrogen) atoms. The third-order valence-electron chi connectivity index (χ3n) is 6.50. The predicted molar refractivity (Wildman–Crippen MR) is 119 cm³/mol. The number of hydrogen-bond donors (Lipinski definition) is 1. The molecule has 0 aliphatic heterocycles. The van der Waals surface area contributed by atoms with Crippen molar-refractivity contribution in [1.29, 1.82) is 0 Å². The Morgan fingerprint density at radius 2 is 1.83 bits per heavy atom. The average molecular weight is 401 g/mol. The van der Waals surface area contributed by atoms with Crippen LogP contribution < -0.4 is 0 Å². The highest BCUT2D eigenvalue weighted by Crippen LogP contribution is 2.50. The second-order valence-electron chi connectivity index (χ2n) is 8.96. The summed E-state index contributed by atoms with van der Waals surface area (Å²) in [6.45, 7) is 6.51. The van der Waals surface area contributed by atoms with Crippen molar-refractivity contribution >= 4 is 5.65 Å². The monoisotopic (exact) mass is 400 g/mol. The van der Waals surface area contributed by atoms with Gasteiger partial charge in [0.05, 0.1) is 11.4 Å². The molecule has 3 heterocycles. The summed E-state index contributed by atoms with van der Waals surface area (Å²) in [6, 6.07) is 11.1. The van der Waals surface area contributed by atoms with Crippen LogP contribution in [0, 0.1) is 6.92 Å². The first-order valence-electron chi connectivity index (χ1n) is 10.6. The Kier molecular flexibility index (Phi) is 4.29. The number of nitrogens with one attached hydrogen (secondary N) is 1. The van der Waals surface area contributed by atoms with E-state index in [1.54, 1.807) is 6.33 Å².